The summed E-state index contributed by atoms with van der Waals surface area (Å²) in [6.07, 6.45) is 0. The number of aliphatic hydroxyl groups excluding tert-OH is 2. The second kappa shape index (κ2) is 6.71. The quantitative estimate of drug-likeness (QED) is 0.635. The number of hydrogen-bond donors (Lipinski definition) is 2. The van der Waals surface area contributed by atoms with Crippen LogP contribution in [0.4, 0.5) is 4.79 Å². The Balaban J connectivity index is 1.94. The SMILES string of the molecule is CN1CCN(C(=O)N2CCN(C)[C@@H](CO)C2)C[C@@H]1CO. The number of amides is 2. The summed E-state index contributed by atoms with van der Waals surface area (Å²) in [5.41, 5.74) is 0. The third kappa shape index (κ3) is 3.22. The number of urea groups is 1. The molecule has 7 heteroatoms. The molecular weight excluding hydrogens is 260 g/mol. The van der Waals surface area contributed by atoms with Crippen molar-refractivity contribution in [3.05, 3.63) is 0 Å². The molecule has 0 aromatic carbocycles. The van der Waals surface area contributed by atoms with Crippen molar-refractivity contribution < 1.29 is 15.0 Å². The minimum absolute atomic E-state index is 0.0220. The van der Waals surface area contributed by atoms with Crippen molar-refractivity contribution in [3.8, 4) is 0 Å². The molecule has 0 bridgehead atoms. The second-order valence-corrected chi connectivity index (χ2v) is 5.81. The normalized spacial score (nSPS) is 29.8. The molecule has 2 aliphatic rings. The summed E-state index contributed by atoms with van der Waals surface area (Å²) in [7, 11) is 3.95. The van der Waals surface area contributed by atoms with E-state index < -0.39 is 0 Å². The van der Waals surface area contributed by atoms with Crippen LogP contribution < -0.4 is 0 Å². The Morgan fingerprint density at radius 1 is 0.900 bits per heavy atom. The first-order chi connectivity index (χ1) is 9.56. The molecule has 0 aromatic rings. The molecule has 2 atom stereocenters. The van der Waals surface area contributed by atoms with Crippen molar-refractivity contribution in [3.63, 3.8) is 0 Å². The highest BCUT2D eigenvalue weighted by Gasteiger charge is 2.32. The number of nitrogens with zero attached hydrogens (tertiary/aromatic N) is 4. The number of rotatable bonds is 2. The summed E-state index contributed by atoms with van der Waals surface area (Å²) < 4.78 is 0. The van der Waals surface area contributed by atoms with E-state index in [1.165, 1.54) is 0 Å². The van der Waals surface area contributed by atoms with Gasteiger partial charge in [-0.3, -0.25) is 9.80 Å². The van der Waals surface area contributed by atoms with E-state index >= 15 is 0 Å². The van der Waals surface area contributed by atoms with E-state index in [1.807, 2.05) is 23.9 Å². The van der Waals surface area contributed by atoms with Crippen LogP contribution in [0.15, 0.2) is 0 Å². The molecule has 116 valence electrons. The van der Waals surface area contributed by atoms with E-state index in [1.54, 1.807) is 0 Å². The van der Waals surface area contributed by atoms with Crippen LogP contribution >= 0.6 is 0 Å². The molecule has 20 heavy (non-hydrogen) atoms. The Hall–Kier alpha value is -0.890. The number of carbonyl (C=O) groups excluding carboxylic acids is 1. The van der Waals surface area contributed by atoms with Gasteiger partial charge in [0.25, 0.3) is 0 Å². The first kappa shape index (κ1) is 15.5. The highest BCUT2D eigenvalue weighted by Crippen LogP contribution is 2.13. The summed E-state index contributed by atoms with van der Waals surface area (Å²) in [6, 6.07) is 0.0747. The smallest absolute Gasteiger partial charge is 0.320 e. The number of carbonyl (C=O) groups is 1. The first-order valence-corrected chi connectivity index (χ1v) is 7.22. The van der Waals surface area contributed by atoms with Crippen LogP contribution in [0.25, 0.3) is 0 Å². The predicted molar refractivity (Wildman–Crippen MR) is 75.5 cm³/mol. The molecule has 0 radical (unpaired) electrons. The molecule has 0 spiro atoms. The van der Waals surface area contributed by atoms with Gasteiger partial charge >= 0.3 is 6.03 Å². The fourth-order valence-corrected chi connectivity index (χ4v) is 2.83. The fourth-order valence-electron chi connectivity index (χ4n) is 2.83. The number of piperazine rings is 2. The molecule has 2 rings (SSSR count). The zero-order valence-corrected chi connectivity index (χ0v) is 12.4. The van der Waals surface area contributed by atoms with Gasteiger partial charge in [0.1, 0.15) is 0 Å². The van der Waals surface area contributed by atoms with Crippen LogP contribution in [-0.2, 0) is 0 Å². The summed E-state index contributed by atoms with van der Waals surface area (Å²) >= 11 is 0. The van der Waals surface area contributed by atoms with Crippen LogP contribution in [0, 0.1) is 0 Å². The predicted octanol–water partition coefficient (Wildman–Crippen LogP) is -1.68. The maximum absolute atomic E-state index is 12.5. The fraction of sp³-hybridized carbons (Fsp3) is 0.923. The molecule has 0 unspecified atom stereocenters. The van der Waals surface area contributed by atoms with Gasteiger partial charge in [0.2, 0.25) is 0 Å². The maximum Gasteiger partial charge on any atom is 0.320 e. The van der Waals surface area contributed by atoms with E-state index in [-0.39, 0.29) is 31.3 Å². The Labute approximate surface area is 120 Å². The van der Waals surface area contributed by atoms with Gasteiger partial charge < -0.3 is 20.0 Å². The van der Waals surface area contributed by atoms with Gasteiger partial charge in [0.15, 0.2) is 0 Å². The topological polar surface area (TPSA) is 70.5 Å². The zero-order chi connectivity index (χ0) is 14.7. The van der Waals surface area contributed by atoms with Crippen molar-refractivity contribution in [1.82, 2.24) is 19.6 Å². The van der Waals surface area contributed by atoms with Crippen molar-refractivity contribution in [2.24, 2.45) is 0 Å². The summed E-state index contributed by atoms with van der Waals surface area (Å²) in [5, 5.41) is 18.7. The van der Waals surface area contributed by atoms with E-state index in [2.05, 4.69) is 9.80 Å². The molecule has 2 fully saturated rings. The zero-order valence-electron chi connectivity index (χ0n) is 12.4. The van der Waals surface area contributed by atoms with Crippen molar-refractivity contribution in [2.45, 2.75) is 12.1 Å². The van der Waals surface area contributed by atoms with Gasteiger partial charge in [0, 0.05) is 39.3 Å². The highest BCUT2D eigenvalue weighted by atomic mass is 16.3. The lowest BCUT2D eigenvalue weighted by Crippen LogP contribution is -2.61. The molecule has 2 saturated heterocycles. The molecule has 2 amide bonds. The van der Waals surface area contributed by atoms with Crippen molar-refractivity contribution >= 4 is 6.03 Å². The van der Waals surface area contributed by atoms with Gasteiger partial charge in [0.05, 0.1) is 25.3 Å². The Morgan fingerprint density at radius 3 is 1.65 bits per heavy atom. The lowest BCUT2D eigenvalue weighted by molar-refractivity contribution is 0.0370. The number of aliphatic hydroxyl groups is 2. The summed E-state index contributed by atoms with van der Waals surface area (Å²) in [5.74, 6) is 0. The molecule has 0 aromatic heterocycles. The second-order valence-electron chi connectivity index (χ2n) is 5.81. The van der Waals surface area contributed by atoms with Crippen LogP contribution in [0.3, 0.4) is 0 Å². The average Bonchev–Trinajstić information content (AvgIpc) is 2.47. The highest BCUT2D eigenvalue weighted by molar-refractivity contribution is 5.74. The molecule has 2 aliphatic heterocycles. The van der Waals surface area contributed by atoms with Crippen LogP contribution in [0.5, 0.6) is 0 Å². The number of likely N-dealkylation sites (N-methyl/N-ethyl adjacent to an activating group) is 2. The van der Waals surface area contributed by atoms with Gasteiger partial charge in [-0.1, -0.05) is 0 Å². The lowest BCUT2D eigenvalue weighted by atomic mass is 10.1. The minimum Gasteiger partial charge on any atom is -0.395 e. The average molecular weight is 286 g/mol. The van der Waals surface area contributed by atoms with Crippen LogP contribution in [0.1, 0.15) is 0 Å². The van der Waals surface area contributed by atoms with Crippen LogP contribution in [0.2, 0.25) is 0 Å². The van der Waals surface area contributed by atoms with Crippen molar-refractivity contribution in [1.29, 1.82) is 0 Å². The molecule has 0 aliphatic carbocycles. The summed E-state index contributed by atoms with van der Waals surface area (Å²) in [4.78, 5) is 20.4. The number of hydrogen-bond acceptors (Lipinski definition) is 5. The largest absolute Gasteiger partial charge is 0.395 e. The van der Waals surface area contributed by atoms with Gasteiger partial charge in [-0.05, 0) is 14.1 Å². The molecule has 2 N–H and O–H groups in total. The van der Waals surface area contributed by atoms with Gasteiger partial charge in [-0.25, -0.2) is 4.79 Å². The lowest BCUT2D eigenvalue weighted by Gasteiger charge is -2.44. The van der Waals surface area contributed by atoms with E-state index in [0.717, 1.165) is 13.1 Å². The van der Waals surface area contributed by atoms with Crippen LogP contribution in [-0.4, -0.2) is 115 Å². The first-order valence-electron chi connectivity index (χ1n) is 7.22. The third-order valence-electron chi connectivity index (χ3n) is 4.52. The molecule has 0 saturated carbocycles. The Bertz CT molecular complexity index is 312. The summed E-state index contributed by atoms with van der Waals surface area (Å²) in [6.45, 7) is 4.25. The van der Waals surface area contributed by atoms with E-state index in [4.69, 9.17) is 0 Å². The minimum atomic E-state index is 0.0220. The van der Waals surface area contributed by atoms with Gasteiger partial charge in [-0.2, -0.15) is 0 Å². The monoisotopic (exact) mass is 286 g/mol. The molecule has 7 nitrogen and oxygen atoms in total. The Kier molecular flexibility index (Phi) is 5.20. The van der Waals surface area contributed by atoms with Crippen molar-refractivity contribution in [2.75, 3.05) is 66.6 Å². The standard InChI is InChI=1S/C13H26N4O3/c1-14-3-5-16(7-11(14)9-18)13(20)17-6-4-15(2)12(8-17)10-19/h11-12,18-19H,3-10H2,1-2H3/t11-,12-/m1/s1. The molecular formula is C13H26N4O3. The van der Waals surface area contributed by atoms with Gasteiger partial charge in [-0.15, -0.1) is 0 Å². The maximum atomic E-state index is 12.5. The molecule has 2 heterocycles. The Morgan fingerprint density at radius 2 is 1.30 bits per heavy atom. The third-order valence-corrected chi connectivity index (χ3v) is 4.52. The van der Waals surface area contributed by atoms with E-state index in [0.29, 0.717) is 26.2 Å². The van der Waals surface area contributed by atoms with E-state index in [9.17, 15) is 15.0 Å².